The normalized spacial score (nSPS) is 12.9. The molecule has 4 aromatic heterocycles. The average molecular weight is 358 g/mol. The van der Waals surface area contributed by atoms with E-state index < -0.39 is 0 Å². The zero-order valence-corrected chi connectivity index (χ0v) is 14.9. The summed E-state index contributed by atoms with van der Waals surface area (Å²) in [7, 11) is 0. The number of benzene rings is 2. The third-order valence-electron chi connectivity index (χ3n) is 5.92. The lowest BCUT2D eigenvalue weighted by atomic mass is 10.0. The van der Waals surface area contributed by atoms with Gasteiger partial charge in [-0.3, -0.25) is 9.38 Å². The standard InChI is InChI=1S/C24H14N4/c1-2-5-16-14(4-1)12-15-7-8-20-22(21(15)16)28-23-18(6-3-10-26-23)17-9-11-25-13-19(17)24(28)27-20/h1-11,13H,12H2. The van der Waals surface area contributed by atoms with Gasteiger partial charge in [0.15, 0.2) is 0 Å². The first kappa shape index (κ1) is 14.3. The van der Waals surface area contributed by atoms with Gasteiger partial charge in [-0.15, -0.1) is 0 Å². The van der Waals surface area contributed by atoms with Crippen LogP contribution in [0.2, 0.25) is 0 Å². The van der Waals surface area contributed by atoms with Crippen LogP contribution in [0.5, 0.6) is 0 Å². The van der Waals surface area contributed by atoms with Crippen LogP contribution in [0.3, 0.4) is 0 Å². The first-order valence-corrected chi connectivity index (χ1v) is 9.43. The van der Waals surface area contributed by atoms with Crippen LogP contribution < -0.4 is 0 Å². The topological polar surface area (TPSA) is 43.1 Å². The maximum Gasteiger partial charge on any atom is 0.149 e. The first-order valence-electron chi connectivity index (χ1n) is 9.43. The monoisotopic (exact) mass is 358 g/mol. The number of aromatic nitrogens is 4. The molecule has 0 N–H and O–H groups in total. The van der Waals surface area contributed by atoms with Crippen LogP contribution in [0.25, 0.3) is 49.6 Å². The molecule has 0 spiro atoms. The zero-order valence-electron chi connectivity index (χ0n) is 14.9. The van der Waals surface area contributed by atoms with Crippen LogP contribution in [-0.2, 0) is 6.42 Å². The summed E-state index contributed by atoms with van der Waals surface area (Å²) >= 11 is 0. The molecule has 0 atom stereocenters. The minimum Gasteiger partial charge on any atom is -0.275 e. The van der Waals surface area contributed by atoms with Crippen LogP contribution in [0.4, 0.5) is 0 Å². The molecule has 0 unspecified atom stereocenters. The third-order valence-corrected chi connectivity index (χ3v) is 5.92. The Morgan fingerprint density at radius 1 is 0.750 bits per heavy atom. The van der Waals surface area contributed by atoms with Crippen molar-refractivity contribution in [3.05, 3.63) is 84.3 Å². The molecule has 2 aromatic carbocycles. The molecule has 0 amide bonds. The average Bonchev–Trinajstić information content (AvgIpc) is 3.32. The van der Waals surface area contributed by atoms with Gasteiger partial charge in [-0.25, -0.2) is 9.97 Å². The second-order valence-corrected chi connectivity index (χ2v) is 7.37. The number of nitrogens with zero attached hydrogens (tertiary/aromatic N) is 4. The molecule has 0 saturated heterocycles. The Bertz CT molecular complexity index is 1590. The Morgan fingerprint density at radius 2 is 1.71 bits per heavy atom. The third kappa shape index (κ3) is 1.63. The molecule has 1 aliphatic carbocycles. The van der Waals surface area contributed by atoms with E-state index in [0.29, 0.717) is 0 Å². The predicted molar refractivity (Wildman–Crippen MR) is 112 cm³/mol. The van der Waals surface area contributed by atoms with E-state index in [1.165, 1.54) is 22.3 Å². The molecule has 6 aromatic rings. The summed E-state index contributed by atoms with van der Waals surface area (Å²) in [6, 6.07) is 19.2. The Morgan fingerprint density at radius 3 is 2.71 bits per heavy atom. The van der Waals surface area contributed by atoms with Gasteiger partial charge in [-0.05, 0) is 52.8 Å². The van der Waals surface area contributed by atoms with Crippen LogP contribution in [-0.4, -0.2) is 19.4 Å². The van der Waals surface area contributed by atoms with Crippen molar-refractivity contribution in [2.24, 2.45) is 0 Å². The minimum atomic E-state index is 0.919. The van der Waals surface area contributed by atoms with E-state index in [9.17, 15) is 0 Å². The zero-order chi connectivity index (χ0) is 18.2. The molecule has 28 heavy (non-hydrogen) atoms. The van der Waals surface area contributed by atoms with Gasteiger partial charge in [-0.2, -0.15) is 0 Å². The van der Waals surface area contributed by atoms with Crippen molar-refractivity contribution in [1.29, 1.82) is 0 Å². The maximum atomic E-state index is 5.03. The summed E-state index contributed by atoms with van der Waals surface area (Å²) in [5, 5.41) is 3.31. The SMILES string of the molecule is c1ccc2c(c1)Cc1ccc3nc4c5cnccc5c5cccnc5n4c3c1-2. The number of pyridine rings is 3. The summed E-state index contributed by atoms with van der Waals surface area (Å²) < 4.78 is 2.23. The second kappa shape index (κ2) is 4.93. The molecule has 1 aliphatic rings. The number of fused-ring (bicyclic) bond motifs is 12. The predicted octanol–water partition coefficient (Wildman–Crippen LogP) is 5.16. The van der Waals surface area contributed by atoms with Crippen molar-refractivity contribution in [3.8, 4) is 11.1 Å². The Hall–Kier alpha value is -3.79. The fraction of sp³-hybridized carbons (Fsp3) is 0.0417. The highest BCUT2D eigenvalue weighted by atomic mass is 15.1. The smallest absolute Gasteiger partial charge is 0.149 e. The van der Waals surface area contributed by atoms with E-state index in [1.807, 2.05) is 24.7 Å². The number of hydrogen-bond acceptors (Lipinski definition) is 3. The molecule has 4 heterocycles. The van der Waals surface area contributed by atoms with Crippen molar-refractivity contribution in [3.63, 3.8) is 0 Å². The molecule has 0 radical (unpaired) electrons. The van der Waals surface area contributed by atoms with Crippen LogP contribution in [0, 0.1) is 0 Å². The number of imidazole rings is 1. The van der Waals surface area contributed by atoms with Gasteiger partial charge < -0.3 is 0 Å². The summed E-state index contributed by atoms with van der Waals surface area (Å²) in [5.74, 6) is 0. The van der Waals surface area contributed by atoms with E-state index >= 15 is 0 Å². The van der Waals surface area contributed by atoms with Crippen molar-refractivity contribution >= 4 is 38.5 Å². The van der Waals surface area contributed by atoms with Crippen molar-refractivity contribution in [1.82, 2.24) is 19.4 Å². The molecule has 7 rings (SSSR count). The van der Waals surface area contributed by atoms with Crippen LogP contribution >= 0.6 is 0 Å². The summed E-state index contributed by atoms with van der Waals surface area (Å²) in [6.07, 6.45) is 6.58. The fourth-order valence-corrected chi connectivity index (χ4v) is 4.76. The van der Waals surface area contributed by atoms with Crippen LogP contribution in [0.1, 0.15) is 11.1 Å². The van der Waals surface area contributed by atoms with Gasteiger partial charge in [0.05, 0.1) is 11.0 Å². The Kier molecular flexibility index (Phi) is 2.51. The van der Waals surface area contributed by atoms with Crippen LogP contribution in [0.15, 0.2) is 73.2 Å². The highest BCUT2D eigenvalue weighted by Crippen LogP contribution is 2.42. The lowest BCUT2D eigenvalue weighted by Crippen LogP contribution is -1.95. The molecule has 4 nitrogen and oxygen atoms in total. The van der Waals surface area contributed by atoms with E-state index in [2.05, 4.69) is 57.9 Å². The second-order valence-electron chi connectivity index (χ2n) is 7.37. The molecular formula is C24H14N4. The first-order chi connectivity index (χ1) is 13.9. The Balaban J connectivity index is 1.82. The van der Waals surface area contributed by atoms with E-state index in [1.54, 1.807) is 0 Å². The van der Waals surface area contributed by atoms with Gasteiger partial charge in [0.2, 0.25) is 0 Å². The minimum absolute atomic E-state index is 0.919. The summed E-state index contributed by atoms with van der Waals surface area (Å²) in [6.45, 7) is 0. The molecule has 0 aliphatic heterocycles. The maximum absolute atomic E-state index is 5.03. The molecule has 4 heteroatoms. The largest absolute Gasteiger partial charge is 0.275 e. The highest BCUT2D eigenvalue weighted by molar-refractivity contribution is 6.14. The lowest BCUT2D eigenvalue weighted by Gasteiger charge is -2.09. The quantitative estimate of drug-likeness (QED) is 0.352. The number of rotatable bonds is 0. The lowest BCUT2D eigenvalue weighted by molar-refractivity contribution is 1.23. The van der Waals surface area contributed by atoms with Gasteiger partial charge in [0.1, 0.15) is 11.3 Å². The fourth-order valence-electron chi connectivity index (χ4n) is 4.76. The molecule has 0 bridgehead atoms. The van der Waals surface area contributed by atoms with Crippen molar-refractivity contribution in [2.45, 2.75) is 6.42 Å². The molecular weight excluding hydrogens is 344 g/mol. The van der Waals surface area contributed by atoms with Crippen molar-refractivity contribution < 1.29 is 0 Å². The molecule has 130 valence electrons. The van der Waals surface area contributed by atoms with Crippen molar-refractivity contribution in [2.75, 3.05) is 0 Å². The van der Waals surface area contributed by atoms with Gasteiger partial charge in [0.25, 0.3) is 0 Å². The van der Waals surface area contributed by atoms with Gasteiger partial charge >= 0.3 is 0 Å². The van der Waals surface area contributed by atoms with E-state index in [-0.39, 0.29) is 0 Å². The van der Waals surface area contributed by atoms with E-state index in [0.717, 1.165) is 44.9 Å². The Labute approximate surface area is 160 Å². The number of hydrogen-bond donors (Lipinski definition) is 0. The highest BCUT2D eigenvalue weighted by Gasteiger charge is 2.24. The van der Waals surface area contributed by atoms with E-state index in [4.69, 9.17) is 9.97 Å². The molecule has 0 fully saturated rings. The summed E-state index contributed by atoms with van der Waals surface area (Å²) in [5.41, 5.74) is 9.32. The van der Waals surface area contributed by atoms with Gasteiger partial charge in [-0.1, -0.05) is 30.3 Å². The molecule has 0 saturated carbocycles. The summed E-state index contributed by atoms with van der Waals surface area (Å²) in [4.78, 5) is 14.2. The van der Waals surface area contributed by atoms with Gasteiger partial charge in [0, 0.05) is 34.9 Å².